The Balaban J connectivity index is 2.58. The second-order valence-electron chi connectivity index (χ2n) is 3.95. The van der Waals surface area contributed by atoms with Gasteiger partial charge in [-0.2, -0.15) is 0 Å². The van der Waals surface area contributed by atoms with E-state index in [4.69, 9.17) is 0 Å². The van der Waals surface area contributed by atoms with Gasteiger partial charge in [0.15, 0.2) is 0 Å². The molecule has 0 bridgehead atoms. The fourth-order valence-corrected chi connectivity index (χ4v) is 1.50. The highest BCUT2D eigenvalue weighted by atomic mass is 16.5. The molecule has 0 aromatic heterocycles. The number of rotatable bonds is 5. The van der Waals surface area contributed by atoms with Crippen LogP contribution in [-0.2, 0) is 9.53 Å². The number of carbonyl (C=O) groups excluding carboxylic acids is 2. The first kappa shape index (κ1) is 14.2. The predicted molar refractivity (Wildman–Crippen MR) is 66.0 cm³/mol. The van der Waals surface area contributed by atoms with E-state index in [1.54, 1.807) is 24.3 Å². The highest BCUT2D eigenvalue weighted by molar-refractivity contribution is 5.94. The molecule has 1 amide bonds. The van der Waals surface area contributed by atoms with E-state index in [9.17, 15) is 14.7 Å². The maximum atomic E-state index is 11.7. The van der Waals surface area contributed by atoms with Crippen LogP contribution in [-0.4, -0.2) is 36.7 Å². The second kappa shape index (κ2) is 6.76. The Morgan fingerprint density at radius 2 is 1.94 bits per heavy atom. The minimum absolute atomic E-state index is 0.0397. The van der Waals surface area contributed by atoms with Gasteiger partial charge in [0.1, 0.15) is 0 Å². The van der Waals surface area contributed by atoms with E-state index in [2.05, 4.69) is 10.1 Å². The zero-order chi connectivity index (χ0) is 13.5. The molecule has 0 heterocycles. The lowest BCUT2D eigenvalue weighted by Gasteiger charge is -2.17. The van der Waals surface area contributed by atoms with Crippen molar-refractivity contribution in [2.75, 3.05) is 13.7 Å². The van der Waals surface area contributed by atoms with E-state index in [1.165, 1.54) is 14.0 Å². The van der Waals surface area contributed by atoms with Crippen molar-refractivity contribution in [2.24, 2.45) is 5.92 Å². The third-order valence-electron chi connectivity index (χ3n) is 2.60. The average Bonchev–Trinajstić information content (AvgIpc) is 2.39. The van der Waals surface area contributed by atoms with Gasteiger partial charge in [0.25, 0.3) is 5.91 Å². The molecule has 1 unspecified atom stereocenters. The molecule has 18 heavy (non-hydrogen) atoms. The van der Waals surface area contributed by atoms with Crippen LogP contribution in [0.15, 0.2) is 30.3 Å². The van der Waals surface area contributed by atoms with Crippen LogP contribution in [0.2, 0.25) is 0 Å². The molecule has 1 aromatic carbocycles. The van der Waals surface area contributed by atoms with Crippen molar-refractivity contribution in [3.8, 4) is 0 Å². The van der Waals surface area contributed by atoms with Crippen LogP contribution in [0.1, 0.15) is 17.3 Å². The molecule has 0 saturated carbocycles. The fraction of sp³-hybridized carbons (Fsp3) is 0.385. The second-order valence-corrected chi connectivity index (χ2v) is 3.95. The third-order valence-corrected chi connectivity index (χ3v) is 2.60. The standard InChI is InChI=1S/C13H17NO4/c1-9(15)11(13(17)18-2)8-14-12(16)10-6-4-3-5-7-10/h3-7,9,11,15H,8H2,1-2H3,(H,14,16)/t9?,11-/m1/s1. The molecule has 0 aliphatic heterocycles. The maximum absolute atomic E-state index is 11.7. The van der Waals surface area contributed by atoms with Crippen molar-refractivity contribution >= 4 is 11.9 Å². The van der Waals surface area contributed by atoms with Gasteiger partial charge in [0, 0.05) is 12.1 Å². The summed E-state index contributed by atoms with van der Waals surface area (Å²) < 4.78 is 4.56. The monoisotopic (exact) mass is 251 g/mol. The van der Waals surface area contributed by atoms with Crippen molar-refractivity contribution in [3.05, 3.63) is 35.9 Å². The summed E-state index contributed by atoms with van der Waals surface area (Å²) in [5.74, 6) is -1.59. The molecule has 0 saturated heterocycles. The molecule has 2 atom stereocenters. The topological polar surface area (TPSA) is 75.6 Å². The molecular weight excluding hydrogens is 234 g/mol. The van der Waals surface area contributed by atoms with Gasteiger partial charge in [-0.05, 0) is 19.1 Å². The van der Waals surface area contributed by atoms with Crippen molar-refractivity contribution in [1.29, 1.82) is 0 Å². The van der Waals surface area contributed by atoms with Crippen LogP contribution in [0.3, 0.4) is 0 Å². The molecule has 5 nitrogen and oxygen atoms in total. The number of carbonyl (C=O) groups is 2. The van der Waals surface area contributed by atoms with Crippen molar-refractivity contribution < 1.29 is 19.4 Å². The summed E-state index contributed by atoms with van der Waals surface area (Å²) in [7, 11) is 1.25. The highest BCUT2D eigenvalue weighted by Crippen LogP contribution is 2.05. The van der Waals surface area contributed by atoms with Crippen LogP contribution >= 0.6 is 0 Å². The van der Waals surface area contributed by atoms with E-state index < -0.39 is 18.0 Å². The molecule has 0 spiro atoms. The van der Waals surface area contributed by atoms with Gasteiger partial charge in [-0.25, -0.2) is 0 Å². The molecule has 1 rings (SSSR count). The normalized spacial score (nSPS) is 13.5. The third kappa shape index (κ3) is 3.85. The largest absolute Gasteiger partial charge is 0.469 e. The lowest BCUT2D eigenvalue weighted by atomic mass is 10.0. The summed E-state index contributed by atoms with van der Waals surface area (Å²) in [6.07, 6.45) is -0.881. The van der Waals surface area contributed by atoms with Gasteiger partial charge >= 0.3 is 5.97 Å². The van der Waals surface area contributed by atoms with Gasteiger partial charge in [0.05, 0.1) is 19.1 Å². The van der Waals surface area contributed by atoms with Crippen LogP contribution in [0.25, 0.3) is 0 Å². The lowest BCUT2D eigenvalue weighted by Crippen LogP contribution is -2.39. The van der Waals surface area contributed by atoms with Crippen LogP contribution in [0.4, 0.5) is 0 Å². The first-order valence-corrected chi connectivity index (χ1v) is 5.65. The number of esters is 1. The van der Waals surface area contributed by atoms with Crippen molar-refractivity contribution in [2.45, 2.75) is 13.0 Å². The maximum Gasteiger partial charge on any atom is 0.313 e. The molecule has 0 radical (unpaired) electrons. The molecular formula is C13H17NO4. The first-order chi connectivity index (χ1) is 8.56. The fourth-order valence-electron chi connectivity index (χ4n) is 1.50. The number of amides is 1. The molecule has 0 fully saturated rings. The smallest absolute Gasteiger partial charge is 0.313 e. The number of nitrogens with one attached hydrogen (secondary N) is 1. The Morgan fingerprint density at radius 1 is 1.33 bits per heavy atom. The average molecular weight is 251 g/mol. The molecule has 0 aliphatic carbocycles. The Labute approximate surface area is 106 Å². The number of methoxy groups -OCH3 is 1. The zero-order valence-corrected chi connectivity index (χ0v) is 10.4. The number of benzene rings is 1. The number of ether oxygens (including phenoxy) is 1. The van der Waals surface area contributed by atoms with Crippen LogP contribution in [0.5, 0.6) is 0 Å². The first-order valence-electron chi connectivity index (χ1n) is 5.65. The van der Waals surface area contributed by atoms with E-state index in [1.807, 2.05) is 6.07 Å². The number of aliphatic hydroxyl groups is 1. The highest BCUT2D eigenvalue weighted by Gasteiger charge is 2.25. The Morgan fingerprint density at radius 3 is 2.44 bits per heavy atom. The van der Waals surface area contributed by atoms with Crippen LogP contribution in [0, 0.1) is 5.92 Å². The predicted octanol–water partition coefficient (Wildman–Crippen LogP) is 0.586. The van der Waals surface area contributed by atoms with Gasteiger partial charge < -0.3 is 15.2 Å². The summed E-state index contributed by atoms with van der Waals surface area (Å²) in [4.78, 5) is 23.1. The lowest BCUT2D eigenvalue weighted by molar-refractivity contribution is -0.148. The molecule has 0 aliphatic rings. The summed E-state index contributed by atoms with van der Waals surface area (Å²) in [5.41, 5.74) is 0.506. The van der Waals surface area contributed by atoms with Gasteiger partial charge in [-0.3, -0.25) is 9.59 Å². The minimum atomic E-state index is -0.881. The molecule has 5 heteroatoms. The van der Waals surface area contributed by atoms with E-state index in [0.717, 1.165) is 0 Å². The minimum Gasteiger partial charge on any atom is -0.469 e. The summed E-state index contributed by atoms with van der Waals surface area (Å²) in [6, 6.07) is 8.66. The molecule has 2 N–H and O–H groups in total. The summed E-state index contributed by atoms with van der Waals surface area (Å²) in [5, 5.41) is 12.0. The number of hydrogen-bond donors (Lipinski definition) is 2. The number of hydrogen-bond acceptors (Lipinski definition) is 4. The quantitative estimate of drug-likeness (QED) is 0.751. The SMILES string of the molecule is COC(=O)[C@H](CNC(=O)c1ccccc1)C(C)O. The Bertz CT molecular complexity index is 403. The molecule has 1 aromatic rings. The Hall–Kier alpha value is -1.88. The summed E-state index contributed by atoms with van der Waals surface area (Å²) >= 11 is 0. The van der Waals surface area contributed by atoms with Gasteiger partial charge in [-0.15, -0.1) is 0 Å². The van der Waals surface area contributed by atoms with Gasteiger partial charge in [0.2, 0.25) is 0 Å². The summed E-state index contributed by atoms with van der Waals surface area (Å²) in [6.45, 7) is 1.52. The Kier molecular flexibility index (Phi) is 5.32. The number of aliphatic hydroxyl groups excluding tert-OH is 1. The van der Waals surface area contributed by atoms with E-state index in [0.29, 0.717) is 5.56 Å². The molecule has 98 valence electrons. The van der Waals surface area contributed by atoms with Crippen molar-refractivity contribution in [3.63, 3.8) is 0 Å². The zero-order valence-electron chi connectivity index (χ0n) is 10.4. The van der Waals surface area contributed by atoms with Gasteiger partial charge in [-0.1, -0.05) is 18.2 Å². The van der Waals surface area contributed by atoms with E-state index in [-0.39, 0.29) is 12.5 Å². The van der Waals surface area contributed by atoms with Crippen LogP contribution < -0.4 is 5.32 Å². The van der Waals surface area contributed by atoms with Crippen molar-refractivity contribution in [1.82, 2.24) is 5.32 Å². The van der Waals surface area contributed by atoms with E-state index >= 15 is 0 Å².